The number of aromatic nitrogens is 2. The van der Waals surface area contributed by atoms with Gasteiger partial charge in [0.2, 0.25) is 0 Å². The normalized spacial score (nSPS) is 12.0. The second-order valence-corrected chi connectivity index (χ2v) is 11.8. The maximum atomic E-state index is 7.18. The number of hydrogen-bond donors (Lipinski definition) is 0. The second-order valence-electron chi connectivity index (χ2n) is 11.8. The third kappa shape index (κ3) is 8.76. The van der Waals surface area contributed by atoms with Crippen molar-refractivity contribution in [3.63, 3.8) is 0 Å². The summed E-state index contributed by atoms with van der Waals surface area (Å²) in [6, 6.07) is 46.1. The van der Waals surface area contributed by atoms with Gasteiger partial charge in [0.1, 0.15) is 0 Å². The summed E-state index contributed by atoms with van der Waals surface area (Å²) < 4.78 is 7.74. The van der Waals surface area contributed by atoms with Gasteiger partial charge in [0.05, 0.1) is 5.52 Å². The van der Waals surface area contributed by atoms with Gasteiger partial charge in [-0.25, -0.2) is 23.2 Å². The Balaban J connectivity index is 0.000000259. The maximum Gasteiger partial charge on any atom is 4.00 e. The summed E-state index contributed by atoms with van der Waals surface area (Å²) in [5.74, 6) is 1.17. The molecule has 0 atom stereocenters. The fraction of sp³-hybridized carbons (Fsp3) is 0.122. The van der Waals surface area contributed by atoms with Crippen LogP contribution in [-0.4, -0.2) is 21.5 Å². The number of anilines is 1. The number of pyridine rings is 1. The van der Waals surface area contributed by atoms with Gasteiger partial charge in [0, 0.05) is 38.4 Å². The van der Waals surface area contributed by atoms with E-state index in [0.29, 0.717) is 22.8 Å². The second kappa shape index (κ2) is 16.2. The largest absolute Gasteiger partial charge is 4.00 e. The number of fused-ring (bicyclic) bond motifs is 1. The summed E-state index contributed by atoms with van der Waals surface area (Å²) >= 11 is 0. The van der Waals surface area contributed by atoms with Crippen LogP contribution in [0.25, 0.3) is 33.3 Å². The van der Waals surface area contributed by atoms with E-state index in [-0.39, 0.29) is 47.5 Å². The molecule has 7 rings (SSSR count). The molecule has 0 unspecified atom stereocenters. The number of benzene rings is 4. The number of rotatable bonds is 5. The molecule has 4 aromatic carbocycles. The first-order chi connectivity index (χ1) is 22.3. The van der Waals surface area contributed by atoms with Gasteiger partial charge in [-0.1, -0.05) is 38.7 Å². The van der Waals surface area contributed by atoms with Crippen molar-refractivity contribution in [3.05, 3.63) is 159 Å². The predicted molar refractivity (Wildman–Crippen MR) is 183 cm³/mol. The van der Waals surface area contributed by atoms with Gasteiger partial charge in [0.25, 0.3) is 0 Å². The summed E-state index contributed by atoms with van der Waals surface area (Å²) in [7, 11) is 1.98. The van der Waals surface area contributed by atoms with Crippen LogP contribution in [0.5, 0.6) is 11.5 Å². The van der Waals surface area contributed by atoms with Crippen LogP contribution in [0.2, 0.25) is 0 Å². The van der Waals surface area contributed by atoms with Gasteiger partial charge < -0.3 is 42.1 Å². The molecule has 0 saturated carbocycles. The van der Waals surface area contributed by atoms with E-state index in [1.165, 1.54) is 5.56 Å². The topological polar surface area (TPSA) is 33.5 Å². The third-order valence-corrected chi connectivity index (χ3v) is 7.34. The fourth-order valence-electron chi connectivity index (χ4n) is 4.87. The molecular weight excluding hydrogens is 955 g/mol. The first-order valence-corrected chi connectivity index (χ1v) is 14.8. The van der Waals surface area contributed by atoms with Gasteiger partial charge in [-0.3, -0.25) is 12.1 Å². The Labute approximate surface area is 312 Å². The van der Waals surface area contributed by atoms with E-state index in [9.17, 15) is 0 Å². The average molecular weight is 986 g/mol. The molecule has 1 aliphatic heterocycles. The Morgan fingerprint density at radius 1 is 0.854 bits per heavy atom. The summed E-state index contributed by atoms with van der Waals surface area (Å²) in [6.45, 7) is 8.54. The van der Waals surface area contributed by atoms with Crippen molar-refractivity contribution in [2.24, 2.45) is 0 Å². The zero-order valence-electron chi connectivity index (χ0n) is 26.8. The molecule has 0 spiro atoms. The first kappa shape index (κ1) is 36.5. The van der Waals surface area contributed by atoms with E-state index < -0.39 is 0 Å². The average Bonchev–Trinajstić information content (AvgIpc) is 3.71. The zero-order valence-corrected chi connectivity index (χ0v) is 31.3. The molecule has 0 fully saturated rings. The van der Waals surface area contributed by atoms with Crippen molar-refractivity contribution < 1.29 is 46.9 Å². The van der Waals surface area contributed by atoms with Gasteiger partial charge >= 0.3 is 21.1 Å². The minimum absolute atomic E-state index is 0. The molecule has 0 saturated heterocycles. The summed E-state index contributed by atoms with van der Waals surface area (Å²) in [5.41, 5.74) is 6.58. The van der Waals surface area contributed by atoms with Crippen LogP contribution in [-0.2, 0) is 47.5 Å². The van der Waals surface area contributed by atoms with Crippen molar-refractivity contribution in [1.29, 1.82) is 0 Å². The van der Waals surface area contributed by atoms with Crippen LogP contribution < -0.4 is 9.64 Å². The van der Waals surface area contributed by atoms with Crippen LogP contribution in [0.15, 0.2) is 110 Å². The maximum absolute atomic E-state index is 7.18. The van der Waals surface area contributed by atoms with E-state index >= 15 is 0 Å². The Morgan fingerprint density at radius 2 is 1.69 bits per heavy atom. The van der Waals surface area contributed by atoms with Gasteiger partial charge in [0.15, 0.2) is 0 Å². The molecule has 3 heterocycles. The molecule has 7 heteroatoms. The third-order valence-electron chi connectivity index (χ3n) is 7.34. The Kier molecular flexibility index (Phi) is 12.3. The quantitative estimate of drug-likeness (QED) is 0.128. The standard InChI is InChI=1S/C27H17N3O.C14H14N.2Pt/c1-29-15-16-30(20-29)24-10-6-12-26(19-24)31-25-11-5-9-23(17-25)27-18-22(13-14-28-27)21-7-3-2-4-8-21;1-5-15-9-8-11-6-7-12(10-13(11)15)14(2,3)4;;/h2-7,10-16,20H,1H3;6-10H,2-4H3;;/q-6;-1;;+4. The number of nitrogens with zero attached hydrogens (tertiary/aromatic N) is 4. The Hall–Kier alpha value is -4.35. The van der Waals surface area contributed by atoms with E-state index in [4.69, 9.17) is 11.2 Å². The Bertz CT molecular complexity index is 2040. The van der Waals surface area contributed by atoms with Gasteiger partial charge in [-0.15, -0.1) is 30.0 Å². The van der Waals surface area contributed by atoms with Crippen LogP contribution in [0, 0.1) is 49.5 Å². The predicted octanol–water partition coefficient (Wildman–Crippen LogP) is 8.88. The van der Waals surface area contributed by atoms with E-state index in [2.05, 4.69) is 80.3 Å². The minimum atomic E-state index is 0. The molecule has 1 aliphatic rings. The molecule has 5 nitrogen and oxygen atoms in total. The van der Waals surface area contributed by atoms with Crippen LogP contribution >= 0.6 is 0 Å². The molecular formula is C41H31N4OPt2-3. The first-order valence-electron chi connectivity index (χ1n) is 14.8. The Morgan fingerprint density at radius 3 is 2.42 bits per heavy atom. The minimum Gasteiger partial charge on any atom is -0.669 e. The molecule has 0 amide bonds. The van der Waals surface area contributed by atoms with Crippen LogP contribution in [0.1, 0.15) is 26.3 Å². The molecule has 2 aromatic heterocycles. The van der Waals surface area contributed by atoms with Gasteiger partial charge in [-0.05, 0) is 48.8 Å². The van der Waals surface area contributed by atoms with Crippen molar-refractivity contribution in [3.8, 4) is 39.9 Å². The van der Waals surface area contributed by atoms with Gasteiger partial charge in [-0.2, -0.15) is 54.8 Å². The summed E-state index contributed by atoms with van der Waals surface area (Å²) in [6.07, 6.45) is 14.7. The van der Waals surface area contributed by atoms with Crippen LogP contribution in [0.3, 0.4) is 0 Å². The smallest absolute Gasteiger partial charge is 0.669 e. The van der Waals surface area contributed by atoms with Crippen molar-refractivity contribution >= 4 is 16.6 Å². The van der Waals surface area contributed by atoms with Crippen molar-refractivity contribution in [1.82, 2.24) is 14.5 Å². The number of ether oxygens (including phenoxy) is 1. The zero-order chi connectivity index (χ0) is 32.1. The summed E-state index contributed by atoms with van der Waals surface area (Å²) in [5, 5.41) is 1.16. The van der Waals surface area contributed by atoms with Crippen molar-refractivity contribution in [2.45, 2.75) is 26.2 Å². The van der Waals surface area contributed by atoms with Crippen molar-refractivity contribution in [2.75, 3.05) is 11.9 Å². The molecule has 0 radical (unpaired) electrons. The SMILES string of the molecule is CN1C=CN(c2[c-]c(Oc3[c-]c(-c4[c-]c(-c5[c-]cccc5)ccn4)[c-]cc3)ccc2)[CH-]1.[C-]#Cn1ccc2ccc(C(C)(C)C)cc21.[Pt+4].[Pt]. The molecule has 0 bridgehead atoms. The fourth-order valence-corrected chi connectivity index (χ4v) is 4.87. The molecule has 0 N–H and O–H groups in total. The molecule has 6 aromatic rings. The summed E-state index contributed by atoms with van der Waals surface area (Å²) in [4.78, 5) is 8.39. The molecule has 244 valence electrons. The van der Waals surface area contributed by atoms with E-state index in [1.54, 1.807) is 16.8 Å². The van der Waals surface area contributed by atoms with Crippen LogP contribution in [0.4, 0.5) is 5.69 Å². The monoisotopic (exact) mass is 985 g/mol. The molecule has 48 heavy (non-hydrogen) atoms. The number of hydrogen-bond acceptors (Lipinski definition) is 4. The van der Waals surface area contributed by atoms with E-state index in [1.807, 2.05) is 103 Å². The van der Waals surface area contributed by atoms with E-state index in [0.717, 1.165) is 27.7 Å². The molecule has 0 aliphatic carbocycles.